The lowest BCUT2D eigenvalue weighted by molar-refractivity contribution is 0.386. The van der Waals surface area contributed by atoms with Gasteiger partial charge in [0.05, 0.1) is 19.7 Å². The van der Waals surface area contributed by atoms with Crippen LogP contribution in [0.1, 0.15) is 5.56 Å². The van der Waals surface area contributed by atoms with Crippen LogP contribution in [0.5, 0.6) is 11.6 Å². The van der Waals surface area contributed by atoms with Crippen molar-refractivity contribution in [2.45, 2.75) is 6.92 Å². The molecule has 0 radical (unpaired) electrons. The summed E-state index contributed by atoms with van der Waals surface area (Å²) in [6.45, 7) is 2.04. The van der Waals surface area contributed by atoms with Gasteiger partial charge in [-0.3, -0.25) is 0 Å². The highest BCUT2D eigenvalue weighted by atomic mass is 16.5. The van der Waals surface area contributed by atoms with Crippen LogP contribution in [0.15, 0.2) is 24.3 Å². The number of fused-ring (bicyclic) bond motifs is 1. The van der Waals surface area contributed by atoms with Crippen LogP contribution in [0.3, 0.4) is 0 Å². The molecule has 0 saturated heterocycles. The number of methoxy groups -OCH3 is 2. The zero-order valence-corrected chi connectivity index (χ0v) is 9.07. The smallest absolute Gasteiger partial charge is 0.217 e. The molecule has 2 rings (SSSR count). The molecule has 0 aliphatic carbocycles. The first-order valence-electron chi connectivity index (χ1n) is 4.74. The minimum Gasteiger partial charge on any atom is -0.496 e. The van der Waals surface area contributed by atoms with Gasteiger partial charge in [0.15, 0.2) is 0 Å². The fourth-order valence-corrected chi connectivity index (χ4v) is 1.56. The van der Waals surface area contributed by atoms with Gasteiger partial charge in [-0.1, -0.05) is 11.6 Å². The largest absolute Gasteiger partial charge is 0.496 e. The lowest BCUT2D eigenvalue weighted by Crippen LogP contribution is -1.92. The predicted octanol–water partition coefficient (Wildman–Crippen LogP) is 2.56. The monoisotopic (exact) mass is 203 g/mol. The Labute approximate surface area is 88.7 Å². The van der Waals surface area contributed by atoms with E-state index < -0.39 is 0 Å². The van der Waals surface area contributed by atoms with Crippen molar-refractivity contribution in [3.63, 3.8) is 0 Å². The second-order valence-electron chi connectivity index (χ2n) is 3.39. The Hall–Kier alpha value is -1.77. The summed E-state index contributed by atoms with van der Waals surface area (Å²) in [5, 5.41) is 1.01. The van der Waals surface area contributed by atoms with Gasteiger partial charge < -0.3 is 9.47 Å². The summed E-state index contributed by atoms with van der Waals surface area (Å²) in [4.78, 5) is 4.34. The van der Waals surface area contributed by atoms with Gasteiger partial charge >= 0.3 is 0 Å². The zero-order valence-electron chi connectivity index (χ0n) is 9.07. The summed E-state index contributed by atoms with van der Waals surface area (Å²) in [6.07, 6.45) is 0. The van der Waals surface area contributed by atoms with Crippen molar-refractivity contribution in [3.05, 3.63) is 29.8 Å². The number of pyridine rings is 1. The molecule has 0 fully saturated rings. The normalized spacial score (nSPS) is 10.3. The van der Waals surface area contributed by atoms with Crippen LogP contribution >= 0.6 is 0 Å². The lowest BCUT2D eigenvalue weighted by atomic mass is 10.1. The van der Waals surface area contributed by atoms with Gasteiger partial charge in [-0.25, -0.2) is 4.98 Å². The average Bonchev–Trinajstić information content (AvgIpc) is 2.27. The van der Waals surface area contributed by atoms with Crippen LogP contribution in [-0.2, 0) is 0 Å². The average molecular weight is 203 g/mol. The molecule has 1 aromatic carbocycles. The van der Waals surface area contributed by atoms with Gasteiger partial charge in [-0.2, -0.15) is 0 Å². The molecular weight excluding hydrogens is 190 g/mol. The Bertz CT molecular complexity index is 494. The first-order valence-corrected chi connectivity index (χ1v) is 4.74. The summed E-state index contributed by atoms with van der Waals surface area (Å²) in [5.41, 5.74) is 2.07. The summed E-state index contributed by atoms with van der Waals surface area (Å²) in [7, 11) is 3.25. The van der Waals surface area contributed by atoms with Crippen LogP contribution < -0.4 is 9.47 Å². The second-order valence-corrected chi connectivity index (χ2v) is 3.39. The van der Waals surface area contributed by atoms with Gasteiger partial charge in [-0.15, -0.1) is 0 Å². The third kappa shape index (κ3) is 1.73. The zero-order chi connectivity index (χ0) is 10.8. The van der Waals surface area contributed by atoms with Crippen molar-refractivity contribution in [2.24, 2.45) is 0 Å². The highest BCUT2D eigenvalue weighted by Crippen LogP contribution is 2.28. The maximum Gasteiger partial charge on any atom is 0.217 e. The topological polar surface area (TPSA) is 31.4 Å². The van der Waals surface area contributed by atoms with Crippen LogP contribution in [0.25, 0.3) is 10.9 Å². The Balaban J connectivity index is 2.75. The van der Waals surface area contributed by atoms with Crippen LogP contribution in [0.4, 0.5) is 0 Å². The van der Waals surface area contributed by atoms with E-state index in [-0.39, 0.29) is 0 Å². The van der Waals surface area contributed by atoms with Crippen LogP contribution in [0.2, 0.25) is 0 Å². The molecule has 0 saturated carbocycles. The Morgan fingerprint density at radius 3 is 2.53 bits per heavy atom. The van der Waals surface area contributed by atoms with Crippen molar-refractivity contribution >= 4 is 10.9 Å². The number of ether oxygens (including phenoxy) is 2. The van der Waals surface area contributed by atoms with E-state index >= 15 is 0 Å². The third-order valence-electron chi connectivity index (χ3n) is 2.33. The number of benzene rings is 1. The van der Waals surface area contributed by atoms with E-state index in [9.17, 15) is 0 Å². The SMILES string of the molecule is COc1cc(OC)c2cc(C)ccc2n1. The Morgan fingerprint density at radius 1 is 1.07 bits per heavy atom. The van der Waals surface area contributed by atoms with Crippen molar-refractivity contribution < 1.29 is 9.47 Å². The third-order valence-corrected chi connectivity index (χ3v) is 2.33. The molecule has 0 aliphatic heterocycles. The number of rotatable bonds is 2. The molecule has 3 nitrogen and oxygen atoms in total. The molecule has 0 bridgehead atoms. The molecule has 0 amide bonds. The summed E-state index contributed by atoms with van der Waals surface area (Å²) >= 11 is 0. The summed E-state index contributed by atoms with van der Waals surface area (Å²) < 4.78 is 10.4. The van der Waals surface area contributed by atoms with Crippen molar-refractivity contribution in [1.82, 2.24) is 4.98 Å². The molecule has 1 aromatic heterocycles. The molecule has 0 spiro atoms. The van der Waals surface area contributed by atoms with E-state index in [2.05, 4.69) is 11.1 Å². The standard InChI is InChI=1S/C12H13NO2/c1-8-4-5-10-9(6-8)11(14-2)7-12(13-10)15-3/h4-7H,1-3H3. The number of aromatic nitrogens is 1. The first kappa shape index (κ1) is 9.77. The van der Waals surface area contributed by atoms with Crippen molar-refractivity contribution in [2.75, 3.05) is 14.2 Å². The van der Waals surface area contributed by atoms with Gasteiger partial charge in [0.1, 0.15) is 5.75 Å². The Kier molecular flexibility index (Phi) is 2.46. The molecule has 1 heterocycles. The van der Waals surface area contributed by atoms with E-state index in [1.807, 2.05) is 19.1 Å². The predicted molar refractivity (Wildman–Crippen MR) is 59.6 cm³/mol. The van der Waals surface area contributed by atoms with Crippen LogP contribution in [0, 0.1) is 6.92 Å². The van der Waals surface area contributed by atoms with Gasteiger partial charge in [0.2, 0.25) is 5.88 Å². The van der Waals surface area contributed by atoms with Crippen molar-refractivity contribution in [3.8, 4) is 11.6 Å². The lowest BCUT2D eigenvalue weighted by Gasteiger charge is -2.08. The van der Waals surface area contributed by atoms with E-state index in [1.165, 1.54) is 5.56 Å². The molecule has 0 unspecified atom stereocenters. The summed E-state index contributed by atoms with van der Waals surface area (Å²) in [6, 6.07) is 7.84. The van der Waals surface area contributed by atoms with Gasteiger partial charge in [0.25, 0.3) is 0 Å². The molecule has 3 heteroatoms. The second kappa shape index (κ2) is 3.77. The number of nitrogens with zero attached hydrogens (tertiary/aromatic N) is 1. The molecular formula is C12H13NO2. The molecule has 2 aromatic rings. The Morgan fingerprint density at radius 2 is 1.87 bits per heavy atom. The van der Waals surface area contributed by atoms with Gasteiger partial charge in [-0.05, 0) is 19.1 Å². The number of hydrogen-bond acceptors (Lipinski definition) is 3. The minimum atomic E-state index is 0.572. The number of hydrogen-bond donors (Lipinski definition) is 0. The molecule has 78 valence electrons. The quantitative estimate of drug-likeness (QED) is 0.751. The van der Waals surface area contributed by atoms with E-state index in [1.54, 1.807) is 20.3 Å². The van der Waals surface area contributed by atoms with E-state index in [0.29, 0.717) is 5.88 Å². The molecule has 15 heavy (non-hydrogen) atoms. The maximum atomic E-state index is 5.30. The highest BCUT2D eigenvalue weighted by molar-refractivity contribution is 5.86. The fourth-order valence-electron chi connectivity index (χ4n) is 1.56. The van der Waals surface area contributed by atoms with E-state index in [4.69, 9.17) is 9.47 Å². The number of aryl methyl sites for hydroxylation is 1. The van der Waals surface area contributed by atoms with Crippen molar-refractivity contribution in [1.29, 1.82) is 0 Å². The first-order chi connectivity index (χ1) is 7.24. The van der Waals surface area contributed by atoms with Crippen LogP contribution in [-0.4, -0.2) is 19.2 Å². The molecule has 0 N–H and O–H groups in total. The van der Waals surface area contributed by atoms with Gasteiger partial charge in [0, 0.05) is 11.5 Å². The van der Waals surface area contributed by atoms with E-state index in [0.717, 1.165) is 16.7 Å². The highest BCUT2D eigenvalue weighted by Gasteiger charge is 2.06. The summed E-state index contributed by atoms with van der Waals surface area (Å²) in [5.74, 6) is 1.36. The molecule has 0 aliphatic rings. The minimum absolute atomic E-state index is 0.572. The maximum absolute atomic E-state index is 5.30. The fraction of sp³-hybridized carbons (Fsp3) is 0.250. The molecule has 0 atom stereocenters.